The quantitative estimate of drug-likeness (QED) is 0.504. The van der Waals surface area contributed by atoms with Crippen LogP contribution in [0.15, 0.2) is 48.7 Å². The van der Waals surface area contributed by atoms with E-state index in [2.05, 4.69) is 4.98 Å². The van der Waals surface area contributed by atoms with Crippen molar-refractivity contribution in [3.8, 4) is 11.3 Å². The molecular weight excluding hydrogens is 278 g/mol. The van der Waals surface area contributed by atoms with Crippen molar-refractivity contribution in [2.45, 2.75) is 0 Å². The number of rotatable bonds is 1. The maximum atomic E-state index is 14.1. The van der Waals surface area contributed by atoms with Crippen LogP contribution >= 0.6 is 11.3 Å². The highest BCUT2D eigenvalue weighted by molar-refractivity contribution is 7.23. The highest BCUT2D eigenvalue weighted by atomic mass is 32.1. The second-order valence-corrected chi connectivity index (χ2v) is 5.47. The molecule has 0 aliphatic heterocycles. The number of hydrogen-bond donors (Lipinski definition) is 0. The van der Waals surface area contributed by atoms with E-state index in [9.17, 15) is 8.78 Å². The van der Waals surface area contributed by atoms with Gasteiger partial charge in [-0.25, -0.2) is 13.8 Å². The molecule has 2 nitrogen and oxygen atoms in total. The van der Waals surface area contributed by atoms with Crippen molar-refractivity contribution >= 4 is 26.5 Å². The highest BCUT2D eigenvalue weighted by Crippen LogP contribution is 2.33. The van der Waals surface area contributed by atoms with Gasteiger partial charge in [0.2, 0.25) is 0 Å². The maximum Gasteiger partial charge on any atom is 0.195 e. The fraction of sp³-hybridized carbons (Fsp3) is 0. The SMILES string of the molecule is Fc1cc(F)c2c(c1)sc1ncc(-c3ccccc3)n12. The number of hydrogen-bond acceptors (Lipinski definition) is 2. The van der Waals surface area contributed by atoms with Gasteiger partial charge >= 0.3 is 0 Å². The van der Waals surface area contributed by atoms with Crippen LogP contribution in [0.1, 0.15) is 0 Å². The normalized spacial score (nSPS) is 11.5. The van der Waals surface area contributed by atoms with E-state index in [-0.39, 0.29) is 0 Å². The Morgan fingerprint density at radius 2 is 1.85 bits per heavy atom. The van der Waals surface area contributed by atoms with Crippen molar-refractivity contribution in [1.29, 1.82) is 0 Å². The molecule has 0 atom stereocenters. The summed E-state index contributed by atoms with van der Waals surface area (Å²) < 4.78 is 29.7. The third-order valence-corrected chi connectivity index (χ3v) is 4.22. The number of benzene rings is 2. The zero-order chi connectivity index (χ0) is 13.7. The molecule has 0 bridgehead atoms. The average Bonchev–Trinajstić information content (AvgIpc) is 2.97. The molecule has 0 spiro atoms. The molecule has 4 aromatic rings. The van der Waals surface area contributed by atoms with Gasteiger partial charge in [0.15, 0.2) is 10.8 Å². The van der Waals surface area contributed by atoms with E-state index >= 15 is 0 Å². The summed E-state index contributed by atoms with van der Waals surface area (Å²) in [6.07, 6.45) is 1.71. The van der Waals surface area contributed by atoms with Crippen LogP contribution in [0.4, 0.5) is 8.78 Å². The standard InChI is InChI=1S/C15H8F2N2S/c16-10-6-11(17)14-13(7-10)20-15-18-8-12(19(14)15)9-4-2-1-3-5-9/h1-8H. The van der Waals surface area contributed by atoms with Gasteiger partial charge < -0.3 is 0 Å². The first-order valence-corrected chi connectivity index (χ1v) is 6.86. The van der Waals surface area contributed by atoms with Crippen molar-refractivity contribution in [2.24, 2.45) is 0 Å². The van der Waals surface area contributed by atoms with E-state index in [1.165, 1.54) is 17.4 Å². The molecule has 2 aromatic heterocycles. The zero-order valence-electron chi connectivity index (χ0n) is 10.2. The number of nitrogens with zero attached hydrogens (tertiary/aromatic N) is 2. The molecular formula is C15H8F2N2S. The van der Waals surface area contributed by atoms with Crippen molar-refractivity contribution in [3.05, 3.63) is 60.3 Å². The summed E-state index contributed by atoms with van der Waals surface area (Å²) in [4.78, 5) is 4.95. The van der Waals surface area contributed by atoms with Crippen molar-refractivity contribution in [2.75, 3.05) is 0 Å². The molecule has 0 unspecified atom stereocenters. The first-order chi connectivity index (χ1) is 9.74. The Bertz CT molecular complexity index is 925. The average molecular weight is 286 g/mol. The molecule has 0 N–H and O–H groups in total. The third kappa shape index (κ3) is 1.56. The van der Waals surface area contributed by atoms with E-state index in [0.717, 1.165) is 17.3 Å². The molecule has 0 radical (unpaired) electrons. The summed E-state index contributed by atoms with van der Waals surface area (Å²) in [5, 5.41) is 0. The monoisotopic (exact) mass is 286 g/mol. The highest BCUT2D eigenvalue weighted by Gasteiger charge is 2.16. The van der Waals surface area contributed by atoms with Crippen molar-refractivity contribution < 1.29 is 8.78 Å². The summed E-state index contributed by atoms with van der Waals surface area (Å²) in [6.45, 7) is 0. The van der Waals surface area contributed by atoms with Gasteiger partial charge in [-0.15, -0.1) is 0 Å². The van der Waals surface area contributed by atoms with E-state index in [1.54, 1.807) is 10.6 Å². The minimum atomic E-state index is -0.569. The Kier molecular flexibility index (Phi) is 2.37. The van der Waals surface area contributed by atoms with Gasteiger partial charge in [-0.3, -0.25) is 4.40 Å². The van der Waals surface area contributed by atoms with Crippen LogP contribution in [-0.2, 0) is 0 Å². The van der Waals surface area contributed by atoms with Crippen LogP contribution in [-0.4, -0.2) is 9.38 Å². The Morgan fingerprint density at radius 1 is 1.05 bits per heavy atom. The molecule has 0 amide bonds. The van der Waals surface area contributed by atoms with Gasteiger partial charge in [0, 0.05) is 11.6 Å². The first-order valence-electron chi connectivity index (χ1n) is 6.04. The molecule has 0 fully saturated rings. The van der Waals surface area contributed by atoms with Crippen molar-refractivity contribution in [3.63, 3.8) is 0 Å². The van der Waals surface area contributed by atoms with Crippen molar-refractivity contribution in [1.82, 2.24) is 9.38 Å². The molecule has 2 heterocycles. The number of aromatic nitrogens is 2. The Balaban J connectivity index is 2.14. The summed E-state index contributed by atoms with van der Waals surface area (Å²) in [5.74, 6) is -1.14. The number of fused-ring (bicyclic) bond motifs is 3. The number of imidazole rings is 1. The lowest BCUT2D eigenvalue weighted by Gasteiger charge is -2.01. The first kappa shape index (κ1) is 11.5. The van der Waals surface area contributed by atoms with E-state index in [4.69, 9.17) is 0 Å². The fourth-order valence-electron chi connectivity index (χ4n) is 2.37. The molecule has 0 saturated heterocycles. The third-order valence-electron chi connectivity index (χ3n) is 3.22. The number of thiazole rings is 1. The van der Waals surface area contributed by atoms with Gasteiger partial charge in [0.05, 0.1) is 16.6 Å². The minimum absolute atomic E-state index is 0.378. The van der Waals surface area contributed by atoms with Crippen LogP contribution < -0.4 is 0 Å². The predicted octanol–water partition coefficient (Wildman–Crippen LogP) is 4.49. The van der Waals surface area contributed by atoms with Gasteiger partial charge in [0.25, 0.3) is 0 Å². The molecule has 20 heavy (non-hydrogen) atoms. The van der Waals surface area contributed by atoms with E-state index < -0.39 is 11.6 Å². The number of halogens is 2. The van der Waals surface area contributed by atoms with Gasteiger partial charge in [-0.1, -0.05) is 41.7 Å². The molecule has 0 saturated carbocycles. The summed E-state index contributed by atoms with van der Waals surface area (Å²) in [7, 11) is 0. The zero-order valence-corrected chi connectivity index (χ0v) is 11.0. The predicted molar refractivity (Wildman–Crippen MR) is 75.9 cm³/mol. The molecule has 0 aliphatic carbocycles. The van der Waals surface area contributed by atoms with Crippen LogP contribution in [0.2, 0.25) is 0 Å². The smallest absolute Gasteiger partial charge is 0.195 e. The topological polar surface area (TPSA) is 17.3 Å². The summed E-state index contributed by atoms with van der Waals surface area (Å²) in [5.41, 5.74) is 2.13. The molecule has 4 rings (SSSR count). The van der Waals surface area contributed by atoms with Crippen LogP contribution in [0.5, 0.6) is 0 Å². The summed E-state index contributed by atoms with van der Waals surface area (Å²) >= 11 is 1.28. The molecule has 98 valence electrons. The molecule has 0 aliphatic rings. The second kappa shape index (κ2) is 4.11. The summed E-state index contributed by atoms with van der Waals surface area (Å²) in [6, 6.07) is 11.9. The van der Waals surface area contributed by atoms with Gasteiger partial charge in [0.1, 0.15) is 11.3 Å². The van der Waals surface area contributed by atoms with E-state index in [1.807, 2.05) is 30.3 Å². The van der Waals surface area contributed by atoms with Gasteiger partial charge in [-0.05, 0) is 6.07 Å². The fourth-order valence-corrected chi connectivity index (χ4v) is 3.41. The van der Waals surface area contributed by atoms with E-state index in [0.29, 0.717) is 15.2 Å². The van der Waals surface area contributed by atoms with Crippen LogP contribution in [0, 0.1) is 11.6 Å². The molecule has 5 heteroatoms. The lowest BCUT2D eigenvalue weighted by Crippen LogP contribution is -1.89. The Morgan fingerprint density at radius 3 is 2.65 bits per heavy atom. The second-order valence-electron chi connectivity index (χ2n) is 4.46. The lowest BCUT2D eigenvalue weighted by atomic mass is 10.2. The Labute approximate surface area is 116 Å². The van der Waals surface area contributed by atoms with Crippen LogP contribution in [0.3, 0.4) is 0 Å². The largest absolute Gasteiger partial charge is 0.280 e. The Hall–Kier alpha value is -2.27. The van der Waals surface area contributed by atoms with Gasteiger partial charge in [-0.2, -0.15) is 0 Å². The maximum absolute atomic E-state index is 14.1. The van der Waals surface area contributed by atoms with Crippen LogP contribution in [0.25, 0.3) is 26.4 Å². The molecule has 2 aromatic carbocycles. The lowest BCUT2D eigenvalue weighted by molar-refractivity contribution is 0.590. The minimum Gasteiger partial charge on any atom is -0.280 e.